The minimum absolute atomic E-state index is 0.470. The molecule has 4 nitrogen and oxygen atoms in total. The topological polar surface area (TPSA) is 58.4 Å². The molecule has 0 fully saturated rings. The lowest BCUT2D eigenvalue weighted by molar-refractivity contribution is 0.320. The van der Waals surface area contributed by atoms with E-state index in [0.29, 0.717) is 12.2 Å². The molecule has 0 saturated heterocycles. The molecule has 0 aromatic carbocycles. The van der Waals surface area contributed by atoms with Gasteiger partial charge in [-0.15, -0.1) is 5.16 Å². The van der Waals surface area contributed by atoms with Gasteiger partial charge in [0.2, 0.25) is 0 Å². The fourth-order valence-electron chi connectivity index (χ4n) is 0.558. The van der Waals surface area contributed by atoms with Crippen molar-refractivity contribution in [1.29, 1.82) is 0 Å². The summed E-state index contributed by atoms with van der Waals surface area (Å²) in [5.74, 6) is 0.653. The quantitative estimate of drug-likeness (QED) is 0.366. The third kappa shape index (κ3) is 1.81. The Balaban J connectivity index is 2.59. The smallest absolute Gasteiger partial charge is 0.133 e. The molecule has 0 radical (unpaired) electrons. The summed E-state index contributed by atoms with van der Waals surface area (Å²) in [6.07, 6.45) is 5.10. The van der Waals surface area contributed by atoms with Gasteiger partial charge in [-0.1, -0.05) is 0 Å². The molecule has 1 rings (SSSR count). The van der Waals surface area contributed by atoms with Crippen LogP contribution in [0.4, 0.5) is 0 Å². The second-order valence-corrected chi connectivity index (χ2v) is 1.67. The Hall–Kier alpha value is -1.45. The van der Waals surface area contributed by atoms with Gasteiger partial charge in [0, 0.05) is 18.8 Å². The summed E-state index contributed by atoms with van der Waals surface area (Å²) in [7, 11) is 0. The number of hydrogen-bond donors (Lipinski definition) is 1. The van der Waals surface area contributed by atoms with Crippen molar-refractivity contribution in [3.63, 3.8) is 0 Å². The summed E-state index contributed by atoms with van der Waals surface area (Å²) in [5.41, 5.74) is 0. The van der Waals surface area contributed by atoms with Crippen LogP contribution < -0.4 is 0 Å². The lowest BCUT2D eigenvalue weighted by Crippen LogP contribution is -1.93. The average molecular weight is 137 g/mol. The summed E-state index contributed by atoms with van der Waals surface area (Å²) in [6.45, 7) is 0. The molecule has 0 amide bonds. The van der Waals surface area contributed by atoms with E-state index in [-0.39, 0.29) is 0 Å². The van der Waals surface area contributed by atoms with Crippen LogP contribution in [0.25, 0.3) is 0 Å². The maximum absolute atomic E-state index is 8.04. The maximum Gasteiger partial charge on any atom is 0.133 e. The van der Waals surface area contributed by atoms with Crippen molar-refractivity contribution in [3.05, 3.63) is 24.3 Å². The van der Waals surface area contributed by atoms with Crippen LogP contribution in [0.1, 0.15) is 5.82 Å². The molecule has 0 atom stereocenters. The molecule has 1 aromatic heterocycles. The minimum Gasteiger partial charge on any atom is -0.411 e. The van der Waals surface area contributed by atoms with Crippen molar-refractivity contribution < 1.29 is 5.21 Å². The third-order valence-electron chi connectivity index (χ3n) is 0.975. The highest BCUT2D eigenvalue weighted by molar-refractivity contribution is 5.58. The Morgan fingerprint density at radius 1 is 1.50 bits per heavy atom. The molecule has 1 heterocycles. The Kier molecular flexibility index (Phi) is 2.37. The van der Waals surface area contributed by atoms with Crippen molar-refractivity contribution in [2.24, 2.45) is 5.16 Å². The van der Waals surface area contributed by atoms with Gasteiger partial charge in [0.1, 0.15) is 5.82 Å². The van der Waals surface area contributed by atoms with Crippen molar-refractivity contribution in [3.8, 4) is 0 Å². The summed E-state index contributed by atoms with van der Waals surface area (Å²) >= 11 is 0. The Bertz CT molecular complexity index is 209. The van der Waals surface area contributed by atoms with Crippen LogP contribution in [0.15, 0.2) is 23.6 Å². The van der Waals surface area contributed by atoms with E-state index in [0.717, 1.165) is 0 Å². The second kappa shape index (κ2) is 3.55. The van der Waals surface area contributed by atoms with E-state index in [9.17, 15) is 0 Å². The highest BCUT2D eigenvalue weighted by atomic mass is 16.4. The van der Waals surface area contributed by atoms with Crippen molar-refractivity contribution in [2.75, 3.05) is 0 Å². The zero-order valence-electron chi connectivity index (χ0n) is 5.31. The fourth-order valence-corrected chi connectivity index (χ4v) is 0.558. The molecular weight excluding hydrogens is 130 g/mol. The minimum atomic E-state index is 0.470. The first kappa shape index (κ1) is 6.67. The number of nitrogens with zero attached hydrogens (tertiary/aromatic N) is 3. The van der Waals surface area contributed by atoms with Crippen LogP contribution in [0.2, 0.25) is 0 Å². The van der Waals surface area contributed by atoms with Crippen LogP contribution in [0, 0.1) is 0 Å². The molecule has 1 aromatic rings. The zero-order valence-corrected chi connectivity index (χ0v) is 5.31. The van der Waals surface area contributed by atoms with Crippen molar-refractivity contribution >= 4 is 6.21 Å². The van der Waals surface area contributed by atoms with Crippen LogP contribution in [0.3, 0.4) is 0 Å². The molecule has 0 bridgehead atoms. The van der Waals surface area contributed by atoms with Gasteiger partial charge in [0.25, 0.3) is 0 Å². The van der Waals surface area contributed by atoms with Crippen molar-refractivity contribution in [1.82, 2.24) is 9.97 Å². The predicted molar refractivity (Wildman–Crippen MR) is 36.0 cm³/mol. The molecule has 0 saturated carbocycles. The van der Waals surface area contributed by atoms with Gasteiger partial charge in [-0.25, -0.2) is 9.97 Å². The summed E-state index contributed by atoms with van der Waals surface area (Å²) < 4.78 is 0. The van der Waals surface area contributed by atoms with Gasteiger partial charge in [-0.2, -0.15) is 0 Å². The maximum atomic E-state index is 8.04. The fraction of sp³-hybridized carbons (Fsp3) is 0.167. The van der Waals surface area contributed by atoms with E-state index < -0.39 is 0 Å². The molecule has 0 unspecified atom stereocenters. The number of aromatic nitrogens is 2. The van der Waals surface area contributed by atoms with E-state index in [1.807, 2.05) is 0 Å². The van der Waals surface area contributed by atoms with Crippen molar-refractivity contribution in [2.45, 2.75) is 6.42 Å². The molecular formula is C6H7N3O. The molecule has 4 heteroatoms. The van der Waals surface area contributed by atoms with Crippen LogP contribution in [-0.2, 0) is 6.42 Å². The van der Waals surface area contributed by atoms with Gasteiger partial charge in [0.05, 0.1) is 6.21 Å². The molecule has 10 heavy (non-hydrogen) atoms. The van der Waals surface area contributed by atoms with Crippen LogP contribution in [-0.4, -0.2) is 21.4 Å². The highest BCUT2D eigenvalue weighted by Crippen LogP contribution is 1.85. The summed E-state index contributed by atoms with van der Waals surface area (Å²) in [5, 5.41) is 10.9. The first-order valence-corrected chi connectivity index (χ1v) is 2.85. The molecule has 52 valence electrons. The highest BCUT2D eigenvalue weighted by Gasteiger charge is 1.88. The zero-order chi connectivity index (χ0) is 7.23. The van der Waals surface area contributed by atoms with Gasteiger partial charge in [0.15, 0.2) is 0 Å². The van der Waals surface area contributed by atoms with E-state index in [4.69, 9.17) is 5.21 Å². The number of rotatable bonds is 2. The molecule has 0 aliphatic carbocycles. The summed E-state index contributed by atoms with van der Waals surface area (Å²) in [6, 6.07) is 1.74. The van der Waals surface area contributed by atoms with Crippen LogP contribution >= 0.6 is 0 Å². The molecule has 0 spiro atoms. The standard InChI is InChI=1S/C6H7N3O/c10-9-5-2-6-7-3-1-4-8-6/h1,3-5,10H,2H2. The number of oxime groups is 1. The number of hydrogen-bond acceptors (Lipinski definition) is 4. The SMILES string of the molecule is ON=CCc1ncccn1. The average Bonchev–Trinajstić information content (AvgIpc) is 2.03. The predicted octanol–water partition coefficient (Wildman–Crippen LogP) is 0.479. The second-order valence-electron chi connectivity index (χ2n) is 1.67. The molecule has 1 N–H and O–H groups in total. The van der Waals surface area contributed by atoms with Gasteiger partial charge >= 0.3 is 0 Å². The van der Waals surface area contributed by atoms with E-state index in [1.54, 1.807) is 18.5 Å². The van der Waals surface area contributed by atoms with E-state index >= 15 is 0 Å². The lowest BCUT2D eigenvalue weighted by atomic mass is 10.4. The monoisotopic (exact) mass is 137 g/mol. The van der Waals surface area contributed by atoms with E-state index in [1.165, 1.54) is 6.21 Å². The normalized spacial score (nSPS) is 10.4. The van der Waals surface area contributed by atoms with Crippen LogP contribution in [0.5, 0.6) is 0 Å². The van der Waals surface area contributed by atoms with Gasteiger partial charge in [-0.3, -0.25) is 0 Å². The Morgan fingerprint density at radius 3 is 2.80 bits per heavy atom. The Morgan fingerprint density at radius 2 is 2.20 bits per heavy atom. The lowest BCUT2D eigenvalue weighted by Gasteiger charge is -1.88. The van der Waals surface area contributed by atoms with Gasteiger partial charge in [-0.05, 0) is 6.07 Å². The Labute approximate surface area is 58.2 Å². The molecule has 0 aliphatic heterocycles. The third-order valence-corrected chi connectivity index (χ3v) is 0.975. The molecule has 0 aliphatic rings. The first-order chi connectivity index (χ1) is 4.93. The van der Waals surface area contributed by atoms with E-state index in [2.05, 4.69) is 15.1 Å². The summed E-state index contributed by atoms with van der Waals surface area (Å²) in [4.78, 5) is 7.81. The largest absolute Gasteiger partial charge is 0.411 e. The van der Waals surface area contributed by atoms with Gasteiger partial charge < -0.3 is 5.21 Å². The first-order valence-electron chi connectivity index (χ1n) is 2.85.